The summed E-state index contributed by atoms with van der Waals surface area (Å²) in [6, 6.07) is 2.07. The van der Waals surface area contributed by atoms with Gasteiger partial charge in [-0.15, -0.1) is 0 Å². The van der Waals surface area contributed by atoms with Crippen molar-refractivity contribution in [2.45, 2.75) is 39.0 Å². The molecule has 1 aromatic heterocycles. The van der Waals surface area contributed by atoms with Crippen molar-refractivity contribution in [3.05, 3.63) is 23.0 Å². The van der Waals surface area contributed by atoms with Gasteiger partial charge in [-0.25, -0.2) is 4.98 Å². The average Bonchev–Trinajstić information content (AvgIpc) is 2.32. The standard InChI is InChI=1S/C13H19ClN2/c1-10-7-12(13(14)16-8-10)15-9-11-5-3-2-4-6-11/h7-8,11,15H,2-6,9H2,1H3. The van der Waals surface area contributed by atoms with Crippen molar-refractivity contribution >= 4 is 17.3 Å². The quantitative estimate of drug-likeness (QED) is 0.805. The van der Waals surface area contributed by atoms with Crippen molar-refractivity contribution in [3.8, 4) is 0 Å². The molecule has 0 unspecified atom stereocenters. The Morgan fingerprint density at radius 3 is 2.88 bits per heavy atom. The van der Waals surface area contributed by atoms with E-state index >= 15 is 0 Å². The maximum atomic E-state index is 6.04. The smallest absolute Gasteiger partial charge is 0.152 e. The molecular formula is C13H19ClN2. The lowest BCUT2D eigenvalue weighted by Gasteiger charge is -2.22. The molecule has 2 nitrogen and oxygen atoms in total. The van der Waals surface area contributed by atoms with Gasteiger partial charge < -0.3 is 5.32 Å². The van der Waals surface area contributed by atoms with Crippen LogP contribution in [0, 0.1) is 12.8 Å². The zero-order valence-electron chi connectivity index (χ0n) is 9.80. The molecule has 3 heteroatoms. The van der Waals surface area contributed by atoms with E-state index in [1.54, 1.807) is 6.20 Å². The molecule has 1 aromatic rings. The predicted molar refractivity (Wildman–Crippen MR) is 69.0 cm³/mol. The zero-order valence-corrected chi connectivity index (χ0v) is 10.6. The van der Waals surface area contributed by atoms with Crippen LogP contribution in [-0.2, 0) is 0 Å². The molecule has 0 aliphatic heterocycles. The van der Waals surface area contributed by atoms with E-state index in [1.165, 1.54) is 32.1 Å². The van der Waals surface area contributed by atoms with Gasteiger partial charge in [0.2, 0.25) is 0 Å². The summed E-state index contributed by atoms with van der Waals surface area (Å²) in [5.41, 5.74) is 2.13. The van der Waals surface area contributed by atoms with Crippen molar-refractivity contribution in [2.75, 3.05) is 11.9 Å². The highest BCUT2D eigenvalue weighted by molar-refractivity contribution is 6.31. The molecule has 1 saturated carbocycles. The molecule has 1 aliphatic carbocycles. The number of rotatable bonds is 3. The highest BCUT2D eigenvalue weighted by Gasteiger charge is 2.13. The van der Waals surface area contributed by atoms with Crippen LogP contribution in [0.3, 0.4) is 0 Å². The number of anilines is 1. The molecule has 16 heavy (non-hydrogen) atoms. The van der Waals surface area contributed by atoms with E-state index in [0.29, 0.717) is 5.15 Å². The van der Waals surface area contributed by atoms with Crippen LogP contribution in [-0.4, -0.2) is 11.5 Å². The third-order valence-corrected chi connectivity index (χ3v) is 3.58. The minimum atomic E-state index is 0.585. The zero-order chi connectivity index (χ0) is 11.4. The summed E-state index contributed by atoms with van der Waals surface area (Å²) in [6.45, 7) is 3.07. The molecule has 0 radical (unpaired) electrons. The van der Waals surface area contributed by atoms with E-state index in [2.05, 4.69) is 16.4 Å². The number of pyridine rings is 1. The van der Waals surface area contributed by atoms with Gasteiger partial charge in [-0.05, 0) is 37.3 Å². The van der Waals surface area contributed by atoms with Crippen LogP contribution in [0.1, 0.15) is 37.7 Å². The monoisotopic (exact) mass is 238 g/mol. The highest BCUT2D eigenvalue weighted by atomic mass is 35.5. The summed E-state index contributed by atoms with van der Waals surface area (Å²) >= 11 is 6.04. The number of hydrogen-bond donors (Lipinski definition) is 1. The van der Waals surface area contributed by atoms with Crippen LogP contribution in [0.15, 0.2) is 12.3 Å². The first-order valence-corrected chi connectivity index (χ1v) is 6.49. The van der Waals surface area contributed by atoms with Gasteiger partial charge >= 0.3 is 0 Å². The van der Waals surface area contributed by atoms with Crippen LogP contribution in [0.25, 0.3) is 0 Å². The largest absolute Gasteiger partial charge is 0.382 e. The van der Waals surface area contributed by atoms with Crippen molar-refractivity contribution in [3.63, 3.8) is 0 Å². The van der Waals surface area contributed by atoms with Crippen molar-refractivity contribution in [1.82, 2.24) is 4.98 Å². The van der Waals surface area contributed by atoms with Gasteiger partial charge in [-0.2, -0.15) is 0 Å². The number of hydrogen-bond acceptors (Lipinski definition) is 2. The summed E-state index contributed by atoms with van der Waals surface area (Å²) in [7, 11) is 0. The van der Waals surface area contributed by atoms with Crippen LogP contribution < -0.4 is 5.32 Å². The Bertz CT molecular complexity index is 346. The lowest BCUT2D eigenvalue weighted by atomic mass is 9.89. The number of halogens is 1. The lowest BCUT2D eigenvalue weighted by molar-refractivity contribution is 0.373. The molecule has 0 atom stereocenters. The molecule has 0 amide bonds. The first kappa shape index (κ1) is 11.7. The fraction of sp³-hybridized carbons (Fsp3) is 0.615. The Kier molecular flexibility index (Phi) is 4.05. The predicted octanol–water partition coefficient (Wildman–Crippen LogP) is 4.04. The van der Waals surface area contributed by atoms with Gasteiger partial charge in [0.15, 0.2) is 5.15 Å². The molecular weight excluding hydrogens is 220 g/mol. The summed E-state index contributed by atoms with van der Waals surface area (Å²) < 4.78 is 0. The maximum absolute atomic E-state index is 6.04. The fourth-order valence-electron chi connectivity index (χ4n) is 2.32. The second-order valence-electron chi connectivity index (χ2n) is 4.74. The van der Waals surface area contributed by atoms with Crippen LogP contribution in [0.4, 0.5) is 5.69 Å². The topological polar surface area (TPSA) is 24.9 Å². The average molecular weight is 239 g/mol. The second-order valence-corrected chi connectivity index (χ2v) is 5.09. The van der Waals surface area contributed by atoms with Crippen LogP contribution in [0.5, 0.6) is 0 Å². The molecule has 1 heterocycles. The van der Waals surface area contributed by atoms with E-state index in [0.717, 1.165) is 23.7 Å². The van der Waals surface area contributed by atoms with Crippen molar-refractivity contribution in [1.29, 1.82) is 0 Å². The van der Waals surface area contributed by atoms with Crippen molar-refractivity contribution in [2.24, 2.45) is 5.92 Å². The van der Waals surface area contributed by atoms with E-state index in [9.17, 15) is 0 Å². The molecule has 1 aliphatic rings. The van der Waals surface area contributed by atoms with E-state index < -0.39 is 0 Å². The molecule has 0 saturated heterocycles. The Hall–Kier alpha value is -0.760. The van der Waals surface area contributed by atoms with E-state index in [1.807, 2.05) is 6.92 Å². The normalized spacial score (nSPS) is 17.4. The van der Waals surface area contributed by atoms with E-state index in [4.69, 9.17) is 11.6 Å². The van der Waals surface area contributed by atoms with Gasteiger partial charge in [0.05, 0.1) is 5.69 Å². The number of aryl methyl sites for hydroxylation is 1. The first-order chi connectivity index (χ1) is 7.75. The summed E-state index contributed by atoms with van der Waals surface area (Å²) in [5.74, 6) is 0.810. The Labute approximate surface area is 102 Å². The maximum Gasteiger partial charge on any atom is 0.152 e. The molecule has 1 N–H and O–H groups in total. The summed E-state index contributed by atoms with van der Waals surface area (Å²) in [4.78, 5) is 4.15. The second kappa shape index (κ2) is 5.53. The summed E-state index contributed by atoms with van der Waals surface area (Å²) in [6.07, 6.45) is 8.67. The molecule has 2 rings (SSSR count). The van der Waals surface area contributed by atoms with Gasteiger partial charge in [0, 0.05) is 12.7 Å². The van der Waals surface area contributed by atoms with Gasteiger partial charge in [0.1, 0.15) is 0 Å². The molecule has 1 fully saturated rings. The first-order valence-electron chi connectivity index (χ1n) is 6.12. The minimum Gasteiger partial charge on any atom is -0.382 e. The number of nitrogens with zero attached hydrogens (tertiary/aromatic N) is 1. The van der Waals surface area contributed by atoms with E-state index in [-0.39, 0.29) is 0 Å². The molecule has 0 aromatic carbocycles. The molecule has 88 valence electrons. The lowest BCUT2D eigenvalue weighted by Crippen LogP contribution is -2.17. The number of nitrogens with one attached hydrogen (secondary N) is 1. The highest BCUT2D eigenvalue weighted by Crippen LogP contribution is 2.25. The third-order valence-electron chi connectivity index (χ3n) is 3.28. The minimum absolute atomic E-state index is 0.585. The fourth-order valence-corrected chi connectivity index (χ4v) is 2.49. The number of aromatic nitrogens is 1. The Morgan fingerprint density at radius 2 is 2.12 bits per heavy atom. The SMILES string of the molecule is Cc1cnc(Cl)c(NCC2CCCCC2)c1. The van der Waals surface area contributed by atoms with Gasteiger partial charge in [0.25, 0.3) is 0 Å². The van der Waals surface area contributed by atoms with Crippen LogP contribution in [0.2, 0.25) is 5.15 Å². The molecule has 0 spiro atoms. The Morgan fingerprint density at radius 1 is 1.38 bits per heavy atom. The van der Waals surface area contributed by atoms with Gasteiger partial charge in [-0.3, -0.25) is 0 Å². The van der Waals surface area contributed by atoms with Crippen molar-refractivity contribution < 1.29 is 0 Å². The molecule has 0 bridgehead atoms. The van der Waals surface area contributed by atoms with Gasteiger partial charge in [-0.1, -0.05) is 30.9 Å². The Balaban J connectivity index is 1.90. The van der Waals surface area contributed by atoms with Crippen LogP contribution >= 0.6 is 11.6 Å². The third kappa shape index (κ3) is 3.11. The summed E-state index contributed by atoms with van der Waals surface area (Å²) in [5, 5.41) is 4.01.